The average molecular weight is 274 g/mol. The van der Waals surface area contributed by atoms with Crippen LogP contribution in [0.15, 0.2) is 33.5 Å². The van der Waals surface area contributed by atoms with E-state index >= 15 is 0 Å². The number of hydrogen-bond donors (Lipinski definition) is 3. The van der Waals surface area contributed by atoms with Crippen LogP contribution in [0.1, 0.15) is 0 Å². The van der Waals surface area contributed by atoms with Crippen molar-refractivity contribution in [2.45, 2.75) is 0 Å². The summed E-state index contributed by atoms with van der Waals surface area (Å²) in [6.45, 7) is 0. The lowest BCUT2D eigenvalue weighted by Crippen LogP contribution is -2.00. The monoisotopic (exact) mass is 274 g/mol. The fourth-order valence-corrected chi connectivity index (χ4v) is 2.17. The third-order valence-corrected chi connectivity index (χ3v) is 3.12. The quantitative estimate of drug-likeness (QED) is 0.272. The van der Waals surface area contributed by atoms with E-state index in [9.17, 15) is 20.1 Å². The summed E-state index contributed by atoms with van der Waals surface area (Å²) in [5, 5.41) is 29.8. The number of phenolic OH excluding ortho intramolecular Hbond substituents is 3. The van der Waals surface area contributed by atoms with Gasteiger partial charge in [0.05, 0.1) is 17.9 Å². The Bertz CT molecular complexity index is 894. The van der Waals surface area contributed by atoms with E-state index in [2.05, 4.69) is 0 Å². The van der Waals surface area contributed by atoms with Crippen molar-refractivity contribution in [1.29, 1.82) is 0 Å². The Balaban J connectivity index is 2.62. The van der Waals surface area contributed by atoms with Gasteiger partial charge in [-0.3, -0.25) is 0 Å². The van der Waals surface area contributed by atoms with Gasteiger partial charge in [0.1, 0.15) is 5.75 Å². The van der Waals surface area contributed by atoms with Crippen molar-refractivity contribution in [3.05, 3.63) is 34.7 Å². The lowest BCUT2D eigenvalue weighted by molar-refractivity contribution is 0.398. The maximum atomic E-state index is 11.9. The van der Waals surface area contributed by atoms with E-state index in [1.54, 1.807) is 12.1 Å². The van der Waals surface area contributed by atoms with E-state index in [1.807, 2.05) is 0 Å². The van der Waals surface area contributed by atoms with Crippen LogP contribution in [0.2, 0.25) is 0 Å². The minimum Gasteiger partial charge on any atom is -0.504 e. The number of hydrogen-bond acceptors (Lipinski definition) is 6. The molecular weight excluding hydrogens is 264 g/mol. The minimum atomic E-state index is -0.674. The third kappa shape index (κ3) is 1.55. The Hall–Kier alpha value is -2.89. The highest BCUT2D eigenvalue weighted by Gasteiger charge is 2.18. The maximum Gasteiger partial charge on any atom is 0.344 e. The van der Waals surface area contributed by atoms with Gasteiger partial charge in [-0.1, -0.05) is 0 Å². The predicted octanol–water partition coefficient (Wildman–Crippen LogP) is 2.07. The van der Waals surface area contributed by atoms with Crippen LogP contribution in [0.4, 0.5) is 0 Å². The second-order valence-corrected chi connectivity index (χ2v) is 4.27. The molecule has 1 aromatic heterocycles. The number of benzene rings is 2. The van der Waals surface area contributed by atoms with Gasteiger partial charge in [0.2, 0.25) is 0 Å². The number of methoxy groups -OCH3 is 1. The fraction of sp³-hybridized carbons (Fsp3) is 0.0714. The molecule has 0 amide bonds. The van der Waals surface area contributed by atoms with Gasteiger partial charge >= 0.3 is 5.63 Å². The van der Waals surface area contributed by atoms with Crippen molar-refractivity contribution in [1.82, 2.24) is 0 Å². The van der Waals surface area contributed by atoms with E-state index in [1.165, 1.54) is 13.2 Å². The molecule has 0 saturated heterocycles. The highest BCUT2D eigenvalue weighted by atomic mass is 16.5. The second-order valence-electron chi connectivity index (χ2n) is 4.27. The molecular formula is C14H10O6. The summed E-state index contributed by atoms with van der Waals surface area (Å²) >= 11 is 0. The van der Waals surface area contributed by atoms with Crippen LogP contribution in [0.25, 0.3) is 21.7 Å². The summed E-state index contributed by atoms with van der Waals surface area (Å²) in [6, 6.07) is 5.52. The summed E-state index contributed by atoms with van der Waals surface area (Å²) in [6.07, 6.45) is 0. The Morgan fingerprint density at radius 3 is 2.50 bits per heavy atom. The Morgan fingerprint density at radius 2 is 1.80 bits per heavy atom. The molecule has 0 aliphatic rings. The first kappa shape index (κ1) is 12.2. The molecule has 0 atom stereocenters. The summed E-state index contributed by atoms with van der Waals surface area (Å²) in [7, 11) is 1.46. The number of fused-ring (bicyclic) bond motifs is 3. The van der Waals surface area contributed by atoms with Crippen LogP contribution in [-0.2, 0) is 0 Å². The van der Waals surface area contributed by atoms with Crippen LogP contribution in [0.3, 0.4) is 0 Å². The van der Waals surface area contributed by atoms with E-state index in [-0.39, 0.29) is 16.4 Å². The van der Waals surface area contributed by atoms with Crippen LogP contribution in [-0.4, -0.2) is 22.4 Å². The number of phenols is 3. The highest BCUT2D eigenvalue weighted by Crippen LogP contribution is 2.42. The maximum absolute atomic E-state index is 11.9. The summed E-state index contributed by atoms with van der Waals surface area (Å²) in [4.78, 5) is 11.9. The van der Waals surface area contributed by atoms with E-state index in [0.29, 0.717) is 11.1 Å². The van der Waals surface area contributed by atoms with Crippen molar-refractivity contribution in [3.63, 3.8) is 0 Å². The molecule has 3 rings (SSSR count). The van der Waals surface area contributed by atoms with Gasteiger partial charge in [-0.2, -0.15) is 0 Å². The van der Waals surface area contributed by atoms with Gasteiger partial charge in [-0.05, 0) is 18.2 Å². The zero-order chi connectivity index (χ0) is 14.4. The molecule has 3 N–H and O–H groups in total. The van der Waals surface area contributed by atoms with Gasteiger partial charge in [-0.15, -0.1) is 0 Å². The Labute approximate surface area is 112 Å². The topological polar surface area (TPSA) is 100 Å². The molecule has 20 heavy (non-hydrogen) atoms. The molecule has 102 valence electrons. The molecule has 0 aliphatic heterocycles. The Kier molecular flexibility index (Phi) is 2.47. The SMILES string of the molecule is COc1ccc2c(c1)c(=O)oc1c(O)cc(O)c(O)c12. The second kappa shape index (κ2) is 4.06. The molecule has 6 heteroatoms. The summed E-state index contributed by atoms with van der Waals surface area (Å²) in [5.74, 6) is -0.934. The number of rotatable bonds is 1. The lowest BCUT2D eigenvalue weighted by atomic mass is 10.1. The summed E-state index contributed by atoms with van der Waals surface area (Å²) in [5.41, 5.74) is -0.852. The smallest absolute Gasteiger partial charge is 0.344 e. The first-order valence-electron chi connectivity index (χ1n) is 5.71. The van der Waals surface area contributed by atoms with Crippen LogP contribution in [0.5, 0.6) is 23.0 Å². The lowest BCUT2D eigenvalue weighted by Gasteiger charge is -2.08. The molecule has 0 bridgehead atoms. The van der Waals surface area contributed by atoms with Gasteiger partial charge in [0.15, 0.2) is 22.8 Å². The normalized spacial score (nSPS) is 11.1. The van der Waals surface area contributed by atoms with Crippen molar-refractivity contribution >= 4 is 21.7 Å². The Morgan fingerprint density at radius 1 is 1.05 bits per heavy atom. The molecule has 0 saturated carbocycles. The zero-order valence-electron chi connectivity index (χ0n) is 10.4. The molecule has 3 aromatic rings. The van der Waals surface area contributed by atoms with Crippen molar-refractivity contribution in [2.24, 2.45) is 0 Å². The number of ether oxygens (including phenoxy) is 1. The van der Waals surface area contributed by atoms with Crippen LogP contribution in [0, 0.1) is 0 Å². The molecule has 0 unspecified atom stereocenters. The first-order valence-corrected chi connectivity index (χ1v) is 5.71. The van der Waals surface area contributed by atoms with Gasteiger partial charge in [-0.25, -0.2) is 4.79 Å². The highest BCUT2D eigenvalue weighted by molar-refractivity contribution is 6.10. The van der Waals surface area contributed by atoms with Crippen LogP contribution >= 0.6 is 0 Å². The number of aromatic hydroxyl groups is 3. The van der Waals surface area contributed by atoms with Crippen molar-refractivity contribution < 1.29 is 24.5 Å². The predicted molar refractivity (Wildman–Crippen MR) is 71.5 cm³/mol. The van der Waals surface area contributed by atoms with Gasteiger partial charge in [0.25, 0.3) is 0 Å². The minimum absolute atomic E-state index is 0.0692. The fourth-order valence-electron chi connectivity index (χ4n) is 2.17. The van der Waals surface area contributed by atoms with Crippen LogP contribution < -0.4 is 10.4 Å². The summed E-state index contributed by atoms with van der Waals surface area (Å²) < 4.78 is 10.0. The molecule has 0 radical (unpaired) electrons. The first-order chi connectivity index (χ1) is 9.52. The van der Waals surface area contributed by atoms with E-state index in [4.69, 9.17) is 9.15 Å². The van der Waals surface area contributed by atoms with Crippen molar-refractivity contribution in [2.75, 3.05) is 7.11 Å². The standard InChI is InChI=1S/C14H10O6/c1-19-6-2-3-7-8(4-6)14(18)20-13-10(16)5-9(15)12(17)11(7)13/h2-5,15-17H,1H3. The van der Waals surface area contributed by atoms with Gasteiger partial charge in [0, 0.05) is 11.5 Å². The van der Waals surface area contributed by atoms with E-state index < -0.39 is 22.9 Å². The largest absolute Gasteiger partial charge is 0.504 e. The third-order valence-electron chi connectivity index (χ3n) is 3.12. The van der Waals surface area contributed by atoms with E-state index in [0.717, 1.165) is 6.07 Å². The average Bonchev–Trinajstić information content (AvgIpc) is 2.44. The molecule has 2 aromatic carbocycles. The van der Waals surface area contributed by atoms with Gasteiger partial charge < -0.3 is 24.5 Å². The molecule has 1 heterocycles. The molecule has 0 fully saturated rings. The zero-order valence-corrected chi connectivity index (χ0v) is 10.4. The molecule has 6 nitrogen and oxygen atoms in total. The van der Waals surface area contributed by atoms with Crippen molar-refractivity contribution in [3.8, 4) is 23.0 Å². The molecule has 0 spiro atoms. The molecule has 0 aliphatic carbocycles.